The molecule has 1 amide bonds. The van der Waals surface area contributed by atoms with E-state index in [0.717, 1.165) is 37.8 Å². The lowest BCUT2D eigenvalue weighted by Gasteiger charge is -2.21. The molecule has 0 radical (unpaired) electrons. The van der Waals surface area contributed by atoms with E-state index in [1.807, 2.05) is 29.2 Å². The van der Waals surface area contributed by atoms with Crippen LogP contribution in [-0.4, -0.2) is 44.5 Å². The topological polar surface area (TPSA) is 73.2 Å². The molecule has 0 unspecified atom stereocenters. The number of carbonyl (C=O) groups is 1. The number of aryl methyl sites for hydroxylation is 1. The van der Waals surface area contributed by atoms with Crippen molar-refractivity contribution >= 4 is 28.0 Å². The summed E-state index contributed by atoms with van der Waals surface area (Å²) in [7, 11) is 4.74. The fourth-order valence-corrected chi connectivity index (χ4v) is 4.96. The van der Waals surface area contributed by atoms with Crippen molar-refractivity contribution in [1.29, 1.82) is 0 Å². The molecule has 1 aliphatic heterocycles. The average molecular weight is 452 g/mol. The molecule has 0 saturated carbocycles. The Kier molecular flexibility index (Phi) is 6.14. The van der Waals surface area contributed by atoms with E-state index < -0.39 is 0 Å². The predicted octanol–water partition coefficient (Wildman–Crippen LogP) is 4.17. The Morgan fingerprint density at radius 2 is 1.81 bits per heavy atom. The molecule has 0 atom stereocenters. The molecule has 3 aromatic rings. The molecular weight excluding hydrogens is 426 g/mol. The van der Waals surface area contributed by atoms with Gasteiger partial charge in [0.05, 0.1) is 33.6 Å². The normalized spacial score (nSPS) is 13.3. The molecule has 0 bridgehead atoms. The van der Waals surface area contributed by atoms with Gasteiger partial charge in [0.15, 0.2) is 11.5 Å². The Hall–Kier alpha value is -3.39. The van der Waals surface area contributed by atoms with Gasteiger partial charge in [-0.15, -0.1) is 11.3 Å². The Labute approximate surface area is 191 Å². The number of pyridine rings is 1. The highest BCUT2D eigenvalue weighted by Crippen LogP contribution is 2.43. The van der Waals surface area contributed by atoms with Crippen molar-refractivity contribution in [2.75, 3.05) is 32.8 Å². The maximum Gasteiger partial charge on any atom is 0.249 e. The van der Waals surface area contributed by atoms with E-state index in [2.05, 4.69) is 18.8 Å². The summed E-state index contributed by atoms with van der Waals surface area (Å²) in [6.45, 7) is 4.62. The van der Waals surface area contributed by atoms with Gasteiger partial charge in [-0.25, -0.2) is 0 Å². The van der Waals surface area contributed by atoms with Gasteiger partial charge in [0.2, 0.25) is 11.7 Å². The Morgan fingerprint density at radius 1 is 1.09 bits per heavy atom. The maximum atomic E-state index is 13.2. The van der Waals surface area contributed by atoms with Crippen LogP contribution in [0.4, 0.5) is 5.00 Å². The third kappa shape index (κ3) is 3.82. The fraction of sp³-hybridized carbons (Fsp3) is 0.292. The molecule has 32 heavy (non-hydrogen) atoms. The first-order chi connectivity index (χ1) is 15.5. The Bertz CT molecular complexity index is 1160. The quantitative estimate of drug-likeness (QED) is 0.562. The Balaban J connectivity index is 1.87. The van der Waals surface area contributed by atoms with Gasteiger partial charge in [-0.3, -0.25) is 19.7 Å². The predicted molar refractivity (Wildman–Crippen MR) is 126 cm³/mol. The van der Waals surface area contributed by atoms with Crippen molar-refractivity contribution in [3.63, 3.8) is 0 Å². The lowest BCUT2D eigenvalue weighted by atomic mass is 9.99. The van der Waals surface area contributed by atoms with Crippen LogP contribution in [0.1, 0.15) is 27.1 Å². The SMILES string of the molecule is COc1cc(C2=NCC(=O)N(Cc3cccnc3)c3sc(C)c(C)c32)cc(OC)c1OC. The lowest BCUT2D eigenvalue weighted by molar-refractivity contribution is -0.117. The average Bonchev–Trinajstić information content (AvgIpc) is 3.03. The molecule has 3 heterocycles. The molecule has 0 N–H and O–H groups in total. The van der Waals surface area contributed by atoms with Crippen LogP contribution in [0, 0.1) is 13.8 Å². The number of fused-ring (bicyclic) bond motifs is 1. The molecule has 166 valence electrons. The first kappa shape index (κ1) is 21.8. The summed E-state index contributed by atoms with van der Waals surface area (Å²) in [5.41, 5.74) is 4.56. The molecule has 4 rings (SSSR count). The summed E-state index contributed by atoms with van der Waals surface area (Å²) in [6.07, 6.45) is 3.51. The van der Waals surface area contributed by atoms with Crippen LogP contribution in [0.25, 0.3) is 0 Å². The van der Waals surface area contributed by atoms with E-state index in [9.17, 15) is 4.79 Å². The van der Waals surface area contributed by atoms with Crippen LogP contribution in [-0.2, 0) is 11.3 Å². The van der Waals surface area contributed by atoms with Gasteiger partial charge in [0, 0.05) is 28.4 Å². The minimum Gasteiger partial charge on any atom is -0.493 e. The van der Waals surface area contributed by atoms with Crippen molar-refractivity contribution in [3.8, 4) is 17.2 Å². The summed E-state index contributed by atoms with van der Waals surface area (Å²) in [5, 5.41) is 0.888. The van der Waals surface area contributed by atoms with Gasteiger partial charge in [-0.2, -0.15) is 0 Å². The van der Waals surface area contributed by atoms with E-state index >= 15 is 0 Å². The maximum absolute atomic E-state index is 13.2. The standard InChI is InChI=1S/C24H25N3O4S/c1-14-15(2)32-24-21(14)22(17-9-18(29-3)23(31-5)19(10-17)30-4)26-12-20(28)27(24)13-16-7-6-8-25-11-16/h6-11H,12-13H2,1-5H3. The summed E-state index contributed by atoms with van der Waals surface area (Å²) in [5.74, 6) is 1.54. The lowest BCUT2D eigenvalue weighted by Crippen LogP contribution is -2.31. The third-order valence-corrected chi connectivity index (χ3v) is 6.75. The highest BCUT2D eigenvalue weighted by atomic mass is 32.1. The number of methoxy groups -OCH3 is 3. The van der Waals surface area contributed by atoms with Crippen LogP contribution in [0.3, 0.4) is 0 Å². The number of rotatable bonds is 6. The number of ether oxygens (including phenoxy) is 3. The number of hydrogen-bond donors (Lipinski definition) is 0. The van der Waals surface area contributed by atoms with Gasteiger partial charge >= 0.3 is 0 Å². The van der Waals surface area contributed by atoms with Crippen LogP contribution < -0.4 is 19.1 Å². The second-order valence-corrected chi connectivity index (χ2v) is 8.59. The van der Waals surface area contributed by atoms with Crippen LogP contribution in [0.15, 0.2) is 41.7 Å². The molecule has 0 fully saturated rings. The van der Waals surface area contributed by atoms with Crippen LogP contribution in [0.5, 0.6) is 17.2 Å². The van der Waals surface area contributed by atoms with E-state index in [0.29, 0.717) is 23.8 Å². The van der Waals surface area contributed by atoms with Gasteiger partial charge < -0.3 is 14.2 Å². The second-order valence-electron chi connectivity index (χ2n) is 7.38. The van der Waals surface area contributed by atoms with Gasteiger partial charge in [0.25, 0.3) is 0 Å². The summed E-state index contributed by atoms with van der Waals surface area (Å²) in [4.78, 5) is 25.1. The minimum atomic E-state index is -0.0567. The van der Waals surface area contributed by atoms with Crippen molar-refractivity contribution < 1.29 is 19.0 Å². The highest BCUT2D eigenvalue weighted by Gasteiger charge is 2.30. The summed E-state index contributed by atoms with van der Waals surface area (Å²) < 4.78 is 16.6. The van der Waals surface area contributed by atoms with E-state index in [1.165, 1.54) is 0 Å². The zero-order valence-electron chi connectivity index (χ0n) is 18.8. The number of hydrogen-bond acceptors (Lipinski definition) is 7. The summed E-state index contributed by atoms with van der Waals surface area (Å²) >= 11 is 1.60. The fourth-order valence-electron chi connectivity index (χ4n) is 3.79. The number of nitrogens with zero attached hydrogens (tertiary/aromatic N) is 3. The third-order valence-electron chi connectivity index (χ3n) is 5.52. The van der Waals surface area contributed by atoms with Crippen LogP contribution in [0.2, 0.25) is 0 Å². The summed E-state index contributed by atoms with van der Waals surface area (Å²) in [6, 6.07) is 7.59. The van der Waals surface area contributed by atoms with Crippen molar-refractivity contribution in [1.82, 2.24) is 4.98 Å². The number of thiophene rings is 1. The molecule has 1 aliphatic rings. The smallest absolute Gasteiger partial charge is 0.249 e. The van der Waals surface area contributed by atoms with E-state index in [-0.39, 0.29) is 12.5 Å². The zero-order chi connectivity index (χ0) is 22.8. The number of anilines is 1. The number of amides is 1. The highest BCUT2D eigenvalue weighted by molar-refractivity contribution is 7.17. The molecule has 7 nitrogen and oxygen atoms in total. The number of carbonyl (C=O) groups excluding carboxylic acids is 1. The molecule has 1 aromatic carbocycles. The minimum absolute atomic E-state index is 0.0478. The largest absolute Gasteiger partial charge is 0.493 e. The van der Waals surface area contributed by atoms with E-state index in [4.69, 9.17) is 19.2 Å². The van der Waals surface area contributed by atoms with Crippen molar-refractivity contribution in [3.05, 3.63) is 63.8 Å². The zero-order valence-corrected chi connectivity index (χ0v) is 19.6. The Morgan fingerprint density at radius 3 is 2.41 bits per heavy atom. The van der Waals surface area contributed by atoms with Crippen LogP contribution >= 0.6 is 11.3 Å². The molecule has 2 aromatic heterocycles. The first-order valence-corrected chi connectivity index (χ1v) is 10.9. The van der Waals surface area contributed by atoms with E-state index in [1.54, 1.807) is 45.1 Å². The second kappa shape index (κ2) is 9.00. The van der Waals surface area contributed by atoms with Gasteiger partial charge in [0.1, 0.15) is 11.5 Å². The molecule has 0 saturated heterocycles. The van der Waals surface area contributed by atoms with Gasteiger partial charge in [-0.1, -0.05) is 6.07 Å². The van der Waals surface area contributed by atoms with Crippen molar-refractivity contribution in [2.45, 2.75) is 20.4 Å². The molecule has 0 aliphatic carbocycles. The van der Waals surface area contributed by atoms with Gasteiger partial charge in [-0.05, 0) is 43.2 Å². The number of aromatic nitrogens is 1. The first-order valence-electron chi connectivity index (χ1n) is 10.1. The molecular formula is C24H25N3O4S. The van der Waals surface area contributed by atoms with Crippen molar-refractivity contribution in [2.24, 2.45) is 4.99 Å². The number of aliphatic imine (C=N–C) groups is 1. The monoisotopic (exact) mass is 451 g/mol. The molecule has 8 heteroatoms. The number of benzene rings is 1. The molecule has 0 spiro atoms.